The molecule has 0 bridgehead atoms. The van der Waals surface area contributed by atoms with Crippen LogP contribution in [0, 0.1) is 11.3 Å². The largest absolute Gasteiger partial charge is 0.458 e. The first-order chi connectivity index (χ1) is 8.32. The van der Waals surface area contributed by atoms with Gasteiger partial charge >= 0.3 is 5.97 Å². The minimum atomic E-state index is -3.58. The molecule has 1 heterocycles. The number of furan rings is 1. The Balaban J connectivity index is 2.90. The summed E-state index contributed by atoms with van der Waals surface area (Å²) in [5.41, 5.74) is 0. The summed E-state index contributed by atoms with van der Waals surface area (Å²) in [6, 6.07) is 4.60. The Kier molecular flexibility index (Phi) is 4.28. The van der Waals surface area contributed by atoms with E-state index in [2.05, 4.69) is 0 Å². The first-order valence-electron chi connectivity index (χ1n) is 4.87. The third-order valence-corrected chi connectivity index (χ3v) is 2.89. The van der Waals surface area contributed by atoms with Gasteiger partial charge in [-0.3, -0.25) is 4.79 Å². The molecule has 0 N–H and O–H groups in total. The van der Waals surface area contributed by atoms with Gasteiger partial charge in [-0.15, -0.1) is 0 Å². The zero-order valence-corrected chi connectivity index (χ0v) is 10.7. The van der Waals surface area contributed by atoms with Crippen molar-refractivity contribution in [1.29, 1.82) is 5.26 Å². The van der Waals surface area contributed by atoms with E-state index >= 15 is 0 Å². The van der Waals surface area contributed by atoms with Crippen LogP contribution in [0.5, 0.6) is 0 Å². The molecule has 0 aliphatic heterocycles. The Bertz CT molecular complexity index is 618. The molecule has 6 nitrogen and oxygen atoms in total. The van der Waals surface area contributed by atoms with E-state index in [1.165, 1.54) is 19.1 Å². The molecule has 0 spiro atoms. The van der Waals surface area contributed by atoms with Gasteiger partial charge in [0.25, 0.3) is 0 Å². The second kappa shape index (κ2) is 5.51. The van der Waals surface area contributed by atoms with Crippen molar-refractivity contribution in [1.82, 2.24) is 0 Å². The molecule has 7 heteroatoms. The number of carbonyl (C=O) groups excluding carboxylic acids is 1. The predicted molar refractivity (Wildman–Crippen MR) is 62.6 cm³/mol. The molecule has 1 rings (SSSR count). The topological polar surface area (TPSA) is 97.4 Å². The van der Waals surface area contributed by atoms with E-state index < -0.39 is 20.7 Å². The highest BCUT2D eigenvalue weighted by Crippen LogP contribution is 2.15. The quantitative estimate of drug-likeness (QED) is 0.602. The van der Waals surface area contributed by atoms with Crippen molar-refractivity contribution < 1.29 is 22.4 Å². The van der Waals surface area contributed by atoms with Crippen molar-refractivity contribution in [2.75, 3.05) is 6.26 Å². The van der Waals surface area contributed by atoms with Crippen molar-refractivity contribution in [3.8, 4) is 6.07 Å². The molecule has 0 aromatic carbocycles. The van der Waals surface area contributed by atoms with Crippen LogP contribution in [0.2, 0.25) is 0 Å². The molecule has 96 valence electrons. The predicted octanol–water partition coefficient (Wildman–Crippen LogP) is 1.25. The molecule has 0 amide bonds. The summed E-state index contributed by atoms with van der Waals surface area (Å²) in [4.78, 5) is 10.2. The lowest BCUT2D eigenvalue weighted by Gasteiger charge is -1.97. The van der Waals surface area contributed by atoms with E-state index in [-0.39, 0.29) is 12.4 Å². The third-order valence-electron chi connectivity index (χ3n) is 1.88. The maximum Gasteiger partial charge on any atom is 0.303 e. The van der Waals surface area contributed by atoms with Crippen molar-refractivity contribution in [2.24, 2.45) is 0 Å². The van der Waals surface area contributed by atoms with Crippen LogP contribution in [0.25, 0.3) is 6.08 Å². The minimum Gasteiger partial charge on any atom is -0.458 e. The summed E-state index contributed by atoms with van der Waals surface area (Å²) in [5, 5.41) is 8.70. The van der Waals surface area contributed by atoms with Crippen LogP contribution in [-0.4, -0.2) is 20.6 Å². The molecule has 0 atom stereocenters. The molecule has 0 aliphatic rings. The van der Waals surface area contributed by atoms with Crippen LogP contribution in [0.4, 0.5) is 0 Å². The van der Waals surface area contributed by atoms with E-state index in [1.54, 1.807) is 6.07 Å². The SMILES string of the molecule is CC(=O)OCc1ccc(/C=C(\C#N)S(C)(=O)=O)o1. The highest BCUT2D eigenvalue weighted by atomic mass is 32.2. The summed E-state index contributed by atoms with van der Waals surface area (Å²) in [5.74, 6) is 0.124. The van der Waals surface area contributed by atoms with E-state index in [1.807, 2.05) is 0 Å². The van der Waals surface area contributed by atoms with Gasteiger partial charge in [0.2, 0.25) is 0 Å². The van der Waals surface area contributed by atoms with E-state index in [0.29, 0.717) is 5.76 Å². The Morgan fingerprint density at radius 2 is 2.22 bits per heavy atom. The lowest BCUT2D eigenvalue weighted by molar-refractivity contribution is -0.142. The number of carbonyl (C=O) groups is 1. The molecule has 0 saturated carbocycles. The summed E-state index contributed by atoms with van der Waals surface area (Å²) < 4.78 is 32.3. The van der Waals surface area contributed by atoms with Gasteiger partial charge in [-0.2, -0.15) is 5.26 Å². The van der Waals surface area contributed by atoms with Gasteiger partial charge < -0.3 is 9.15 Å². The van der Waals surface area contributed by atoms with Gasteiger partial charge in [0, 0.05) is 19.3 Å². The standard InChI is InChI=1S/C11H11NO5S/c1-8(13)16-7-10-4-3-9(17-10)5-11(6-12)18(2,14)15/h3-5H,7H2,1-2H3/b11-5+. The average Bonchev–Trinajstić information content (AvgIpc) is 2.69. The molecule has 1 aromatic heterocycles. The second-order valence-electron chi connectivity index (χ2n) is 3.48. The maximum absolute atomic E-state index is 11.2. The fourth-order valence-electron chi connectivity index (χ4n) is 1.07. The number of ether oxygens (including phenoxy) is 1. The summed E-state index contributed by atoms with van der Waals surface area (Å²) >= 11 is 0. The summed E-state index contributed by atoms with van der Waals surface area (Å²) in [6.07, 6.45) is 2.05. The Morgan fingerprint density at radius 3 is 2.72 bits per heavy atom. The second-order valence-corrected chi connectivity index (χ2v) is 5.46. The molecule has 0 aliphatic carbocycles. The third kappa shape index (κ3) is 4.07. The molecule has 0 fully saturated rings. The summed E-state index contributed by atoms with van der Waals surface area (Å²) in [7, 11) is -3.58. The molecule has 0 unspecified atom stereocenters. The molecular weight excluding hydrogens is 258 g/mol. The number of esters is 1. The molecule has 0 radical (unpaired) electrons. The monoisotopic (exact) mass is 269 g/mol. The van der Waals surface area contributed by atoms with Gasteiger partial charge in [-0.25, -0.2) is 8.42 Å². The van der Waals surface area contributed by atoms with Crippen LogP contribution in [-0.2, 0) is 26.0 Å². The first-order valence-corrected chi connectivity index (χ1v) is 6.76. The molecule has 0 saturated heterocycles. The van der Waals surface area contributed by atoms with Crippen LogP contribution >= 0.6 is 0 Å². The van der Waals surface area contributed by atoms with Crippen LogP contribution in [0.3, 0.4) is 0 Å². The van der Waals surface area contributed by atoms with E-state index in [0.717, 1.165) is 12.3 Å². The fraction of sp³-hybridized carbons (Fsp3) is 0.273. The Morgan fingerprint density at radius 1 is 1.56 bits per heavy atom. The smallest absolute Gasteiger partial charge is 0.303 e. The van der Waals surface area contributed by atoms with Gasteiger partial charge in [0.15, 0.2) is 9.84 Å². The van der Waals surface area contributed by atoms with Crippen molar-refractivity contribution in [2.45, 2.75) is 13.5 Å². The highest BCUT2D eigenvalue weighted by Gasteiger charge is 2.12. The number of nitrogens with zero attached hydrogens (tertiary/aromatic N) is 1. The van der Waals surface area contributed by atoms with E-state index in [4.69, 9.17) is 14.4 Å². The fourth-order valence-corrected chi connectivity index (χ4v) is 1.57. The van der Waals surface area contributed by atoms with Crippen LogP contribution < -0.4 is 0 Å². The average molecular weight is 269 g/mol. The number of hydrogen-bond acceptors (Lipinski definition) is 6. The van der Waals surface area contributed by atoms with Crippen LogP contribution in [0.15, 0.2) is 21.5 Å². The normalized spacial score (nSPS) is 11.9. The van der Waals surface area contributed by atoms with Gasteiger partial charge in [0.1, 0.15) is 29.1 Å². The summed E-state index contributed by atoms with van der Waals surface area (Å²) in [6.45, 7) is 1.23. The molecular formula is C11H11NO5S. The maximum atomic E-state index is 11.2. The van der Waals surface area contributed by atoms with E-state index in [9.17, 15) is 13.2 Å². The number of sulfone groups is 1. The Labute approximate surface area is 104 Å². The first kappa shape index (κ1) is 14.0. The highest BCUT2D eigenvalue weighted by molar-refractivity contribution is 7.95. The zero-order chi connectivity index (χ0) is 13.8. The number of nitriles is 1. The number of hydrogen-bond donors (Lipinski definition) is 0. The van der Waals surface area contributed by atoms with Gasteiger partial charge in [-0.05, 0) is 12.1 Å². The van der Waals surface area contributed by atoms with Crippen molar-refractivity contribution in [3.63, 3.8) is 0 Å². The zero-order valence-electron chi connectivity index (χ0n) is 9.84. The molecule has 18 heavy (non-hydrogen) atoms. The Hall–Kier alpha value is -2.07. The van der Waals surface area contributed by atoms with Gasteiger partial charge in [-0.1, -0.05) is 0 Å². The molecule has 1 aromatic rings. The minimum absolute atomic E-state index is 0.0378. The van der Waals surface area contributed by atoms with Crippen molar-refractivity contribution in [3.05, 3.63) is 28.6 Å². The lowest BCUT2D eigenvalue weighted by atomic mass is 10.4. The van der Waals surface area contributed by atoms with Gasteiger partial charge in [0.05, 0.1) is 0 Å². The number of allylic oxidation sites excluding steroid dienone is 1. The van der Waals surface area contributed by atoms with Crippen LogP contribution in [0.1, 0.15) is 18.4 Å². The lowest BCUT2D eigenvalue weighted by Crippen LogP contribution is -1.98. The number of rotatable bonds is 4. The van der Waals surface area contributed by atoms with Crippen molar-refractivity contribution >= 4 is 21.9 Å².